The van der Waals surface area contributed by atoms with Crippen molar-refractivity contribution in [3.63, 3.8) is 0 Å². The third-order valence-electron chi connectivity index (χ3n) is 8.43. The molecule has 200 valence electrons. The van der Waals surface area contributed by atoms with Crippen molar-refractivity contribution in [1.82, 2.24) is 19.5 Å². The summed E-state index contributed by atoms with van der Waals surface area (Å²) in [6.07, 6.45) is 1.78. The van der Waals surface area contributed by atoms with Crippen LogP contribution >= 0.6 is 0 Å². The van der Waals surface area contributed by atoms with Crippen LogP contribution in [0.3, 0.4) is 0 Å². The molecule has 0 aliphatic rings. The van der Waals surface area contributed by atoms with Crippen molar-refractivity contribution in [3.05, 3.63) is 146 Å². The van der Waals surface area contributed by atoms with E-state index in [1.54, 1.807) is 6.20 Å². The maximum atomic E-state index is 5.19. The first kappa shape index (κ1) is 23.8. The molecule has 0 fully saturated rings. The van der Waals surface area contributed by atoms with Crippen LogP contribution in [0.5, 0.6) is 0 Å². The fourth-order valence-corrected chi connectivity index (χ4v) is 6.40. The van der Waals surface area contributed by atoms with Gasteiger partial charge in [0.25, 0.3) is 0 Å². The van der Waals surface area contributed by atoms with Gasteiger partial charge < -0.3 is 0 Å². The summed E-state index contributed by atoms with van der Waals surface area (Å²) in [6, 6.07) is 49.2. The second-order valence-corrected chi connectivity index (χ2v) is 10.9. The Balaban J connectivity index is 1.31. The maximum absolute atomic E-state index is 5.19. The van der Waals surface area contributed by atoms with E-state index in [4.69, 9.17) is 9.97 Å². The molecule has 3 aromatic heterocycles. The first-order chi connectivity index (χ1) is 21.3. The molecule has 9 rings (SSSR count). The molecule has 0 radical (unpaired) electrons. The van der Waals surface area contributed by atoms with E-state index in [1.165, 1.54) is 43.4 Å². The van der Waals surface area contributed by atoms with Crippen LogP contribution in [-0.4, -0.2) is 19.5 Å². The zero-order valence-corrected chi connectivity index (χ0v) is 23.1. The van der Waals surface area contributed by atoms with Crippen molar-refractivity contribution in [2.24, 2.45) is 0 Å². The summed E-state index contributed by atoms with van der Waals surface area (Å²) in [4.78, 5) is 15.0. The summed E-state index contributed by atoms with van der Waals surface area (Å²) in [6.45, 7) is 0. The fourth-order valence-electron chi connectivity index (χ4n) is 6.40. The Morgan fingerprint density at radius 2 is 1.16 bits per heavy atom. The summed E-state index contributed by atoms with van der Waals surface area (Å²) >= 11 is 0. The van der Waals surface area contributed by atoms with Crippen LogP contribution in [0.4, 0.5) is 0 Å². The van der Waals surface area contributed by atoms with Gasteiger partial charge in [-0.25, -0.2) is 15.0 Å². The zero-order chi connectivity index (χ0) is 28.3. The lowest BCUT2D eigenvalue weighted by Crippen LogP contribution is -2.04. The third kappa shape index (κ3) is 3.74. The van der Waals surface area contributed by atoms with Gasteiger partial charge in [-0.05, 0) is 63.0 Å². The van der Waals surface area contributed by atoms with Crippen LogP contribution in [0, 0.1) is 0 Å². The van der Waals surface area contributed by atoms with E-state index in [1.807, 2.05) is 12.1 Å². The number of rotatable bonds is 3. The molecule has 6 aromatic carbocycles. The number of hydrogen-bond donors (Lipinski definition) is 0. The van der Waals surface area contributed by atoms with Crippen molar-refractivity contribution in [2.45, 2.75) is 0 Å². The molecule has 4 nitrogen and oxygen atoms in total. The van der Waals surface area contributed by atoms with Gasteiger partial charge in [-0.15, -0.1) is 0 Å². The summed E-state index contributed by atoms with van der Waals surface area (Å²) in [5.41, 5.74) is 7.79. The van der Waals surface area contributed by atoms with Gasteiger partial charge >= 0.3 is 0 Å². The Bertz CT molecular complexity index is 2500. The Kier molecular flexibility index (Phi) is 5.16. The molecule has 0 aliphatic carbocycles. The number of benzene rings is 6. The van der Waals surface area contributed by atoms with Crippen molar-refractivity contribution in [3.8, 4) is 28.2 Å². The van der Waals surface area contributed by atoms with E-state index in [0.717, 1.165) is 33.6 Å². The lowest BCUT2D eigenvalue weighted by atomic mass is 9.97. The van der Waals surface area contributed by atoms with Crippen LogP contribution in [0.1, 0.15) is 0 Å². The average molecular weight is 549 g/mol. The second-order valence-electron chi connectivity index (χ2n) is 10.9. The third-order valence-corrected chi connectivity index (χ3v) is 8.43. The molecule has 9 aromatic rings. The number of fused-ring (bicyclic) bond motifs is 6. The van der Waals surface area contributed by atoms with Crippen molar-refractivity contribution >= 4 is 54.5 Å². The molecule has 43 heavy (non-hydrogen) atoms. The molecule has 4 heteroatoms. The molecular weight excluding hydrogens is 524 g/mol. The van der Waals surface area contributed by atoms with E-state index in [0.29, 0.717) is 5.65 Å². The molecule has 0 N–H and O–H groups in total. The van der Waals surface area contributed by atoms with Crippen LogP contribution in [0.25, 0.3) is 82.7 Å². The Morgan fingerprint density at radius 3 is 2.02 bits per heavy atom. The Morgan fingerprint density at radius 1 is 0.465 bits per heavy atom. The highest BCUT2D eigenvalue weighted by Gasteiger charge is 2.20. The molecule has 0 aliphatic heterocycles. The summed E-state index contributed by atoms with van der Waals surface area (Å²) in [5, 5.41) is 7.25. The van der Waals surface area contributed by atoms with Gasteiger partial charge in [0.1, 0.15) is 11.2 Å². The molecule has 0 saturated carbocycles. The Labute approximate surface area is 247 Å². The highest BCUT2D eigenvalue weighted by molar-refractivity contribution is 6.14. The minimum Gasteiger partial charge on any atom is -0.292 e. The van der Waals surface area contributed by atoms with Crippen molar-refractivity contribution < 1.29 is 0 Å². The number of hydrogen-bond acceptors (Lipinski definition) is 3. The van der Waals surface area contributed by atoms with E-state index < -0.39 is 0 Å². The van der Waals surface area contributed by atoms with E-state index in [2.05, 4.69) is 137 Å². The standard InChI is InChI=1S/C39H24N4/c1-2-11-29-24-36-33(23-28(29)10-1)32-14-5-6-17-35(32)43(36)39-37(41-34-16-8-22-40-38(34)42-39)27-20-18-26(19-21-27)31-15-7-12-25-9-3-4-13-30(25)31/h1-24H. The van der Waals surface area contributed by atoms with Crippen molar-refractivity contribution in [2.75, 3.05) is 0 Å². The number of aromatic nitrogens is 4. The molecule has 0 saturated heterocycles. The van der Waals surface area contributed by atoms with Crippen LogP contribution in [-0.2, 0) is 0 Å². The first-order valence-corrected chi connectivity index (χ1v) is 14.5. The lowest BCUT2D eigenvalue weighted by Gasteiger charge is -2.14. The molecule has 0 bridgehead atoms. The molecule has 0 spiro atoms. The normalized spacial score (nSPS) is 11.7. The zero-order valence-electron chi connectivity index (χ0n) is 23.1. The van der Waals surface area contributed by atoms with Crippen LogP contribution in [0.2, 0.25) is 0 Å². The molecular formula is C39H24N4. The van der Waals surface area contributed by atoms with Gasteiger partial charge in [0, 0.05) is 22.5 Å². The monoisotopic (exact) mass is 548 g/mol. The van der Waals surface area contributed by atoms with Crippen LogP contribution < -0.4 is 0 Å². The van der Waals surface area contributed by atoms with Gasteiger partial charge in [0.2, 0.25) is 0 Å². The number of pyridine rings is 1. The summed E-state index contributed by atoms with van der Waals surface area (Å²) < 4.78 is 2.26. The first-order valence-electron chi connectivity index (χ1n) is 14.5. The second kappa shape index (κ2) is 9.33. The average Bonchev–Trinajstić information content (AvgIpc) is 3.39. The maximum Gasteiger partial charge on any atom is 0.180 e. The number of para-hydroxylation sites is 1. The van der Waals surface area contributed by atoms with Gasteiger partial charge in [-0.2, -0.15) is 0 Å². The van der Waals surface area contributed by atoms with E-state index in [9.17, 15) is 0 Å². The molecule has 0 amide bonds. The summed E-state index contributed by atoms with van der Waals surface area (Å²) in [5.74, 6) is 0.769. The lowest BCUT2D eigenvalue weighted by molar-refractivity contribution is 1.07. The quantitative estimate of drug-likeness (QED) is 0.221. The highest BCUT2D eigenvalue weighted by Crippen LogP contribution is 2.38. The minimum absolute atomic E-state index is 0.625. The molecule has 0 unspecified atom stereocenters. The predicted octanol–water partition coefficient (Wildman–Crippen LogP) is 9.76. The summed E-state index contributed by atoms with van der Waals surface area (Å²) in [7, 11) is 0. The largest absolute Gasteiger partial charge is 0.292 e. The van der Waals surface area contributed by atoms with Crippen molar-refractivity contribution in [1.29, 1.82) is 0 Å². The van der Waals surface area contributed by atoms with E-state index in [-0.39, 0.29) is 0 Å². The number of nitrogens with zero attached hydrogens (tertiary/aromatic N) is 4. The SMILES string of the molecule is c1ccc2cc3c(cc2c1)c1ccccc1n3-c1nc2ncccc2nc1-c1ccc(-c2cccc3ccccc23)cc1. The van der Waals surface area contributed by atoms with Crippen LogP contribution in [0.15, 0.2) is 146 Å². The Hall–Kier alpha value is -5.87. The smallest absolute Gasteiger partial charge is 0.180 e. The highest BCUT2D eigenvalue weighted by atomic mass is 15.1. The van der Waals surface area contributed by atoms with Gasteiger partial charge in [0.15, 0.2) is 11.5 Å². The molecule has 3 heterocycles. The van der Waals surface area contributed by atoms with Gasteiger partial charge in [0.05, 0.1) is 11.0 Å². The molecule has 0 atom stereocenters. The van der Waals surface area contributed by atoms with E-state index >= 15 is 0 Å². The topological polar surface area (TPSA) is 43.6 Å². The minimum atomic E-state index is 0.625. The predicted molar refractivity (Wildman–Crippen MR) is 178 cm³/mol. The van der Waals surface area contributed by atoms with Gasteiger partial charge in [-0.3, -0.25) is 4.57 Å². The fraction of sp³-hybridized carbons (Fsp3) is 0. The van der Waals surface area contributed by atoms with Gasteiger partial charge in [-0.1, -0.05) is 109 Å².